The van der Waals surface area contributed by atoms with E-state index in [0.29, 0.717) is 0 Å². The van der Waals surface area contributed by atoms with Gasteiger partial charge in [0.15, 0.2) is 16.6 Å². The maximum Gasteiger partial charge on any atom is 0.184 e. The fourth-order valence-corrected chi connectivity index (χ4v) is 5.39. The summed E-state index contributed by atoms with van der Waals surface area (Å²) in [5.41, 5.74) is -0.0838. The second kappa shape index (κ2) is 6.68. The number of rotatable bonds is 8. The first kappa shape index (κ1) is 18.4. The van der Waals surface area contributed by atoms with E-state index >= 15 is 0 Å². The molecule has 110 valence electrons. The first-order valence-corrected chi connectivity index (χ1v) is 14.2. The molecule has 0 aliphatic carbocycles. The van der Waals surface area contributed by atoms with E-state index in [4.69, 9.17) is 8.85 Å². The van der Waals surface area contributed by atoms with Crippen LogP contribution in [-0.4, -0.2) is 28.3 Å². The molecule has 0 fully saturated rings. The summed E-state index contributed by atoms with van der Waals surface area (Å²) in [7, 11) is -3.08. The van der Waals surface area contributed by atoms with E-state index in [-0.39, 0.29) is 11.7 Å². The molecular weight excluding hydrogens is 256 g/mol. The SMILES string of the molecule is CCC(O[Si](C)(C)C)C(CC)(CC)O[Si](C)(C)C. The lowest BCUT2D eigenvalue weighted by atomic mass is 9.89. The van der Waals surface area contributed by atoms with Crippen LogP contribution < -0.4 is 0 Å². The minimum absolute atomic E-state index is 0.0838. The Kier molecular flexibility index (Phi) is 6.81. The summed E-state index contributed by atoms with van der Waals surface area (Å²) >= 11 is 0. The van der Waals surface area contributed by atoms with Gasteiger partial charge in [0.2, 0.25) is 0 Å². The minimum Gasteiger partial charge on any atom is -0.412 e. The van der Waals surface area contributed by atoms with Gasteiger partial charge in [-0.15, -0.1) is 0 Å². The van der Waals surface area contributed by atoms with E-state index in [0.717, 1.165) is 19.3 Å². The van der Waals surface area contributed by atoms with Crippen LogP contribution in [0.4, 0.5) is 0 Å². The average Bonchev–Trinajstić information content (AvgIpc) is 2.20. The predicted molar refractivity (Wildman–Crippen MR) is 86.3 cm³/mol. The van der Waals surface area contributed by atoms with Gasteiger partial charge in [0.25, 0.3) is 0 Å². The Morgan fingerprint density at radius 2 is 1.28 bits per heavy atom. The van der Waals surface area contributed by atoms with Crippen molar-refractivity contribution in [1.82, 2.24) is 0 Å². The Bertz CT molecular complexity index is 237. The van der Waals surface area contributed by atoms with Crippen molar-refractivity contribution >= 4 is 16.6 Å². The lowest BCUT2D eigenvalue weighted by molar-refractivity contribution is -0.0577. The van der Waals surface area contributed by atoms with Crippen LogP contribution in [0.2, 0.25) is 39.3 Å². The smallest absolute Gasteiger partial charge is 0.184 e. The van der Waals surface area contributed by atoms with Crippen LogP contribution in [0.3, 0.4) is 0 Å². The van der Waals surface area contributed by atoms with Crippen molar-refractivity contribution in [3.05, 3.63) is 0 Å². The fraction of sp³-hybridized carbons (Fsp3) is 1.00. The summed E-state index contributed by atoms with van der Waals surface area (Å²) in [5, 5.41) is 0. The molecule has 0 saturated heterocycles. The van der Waals surface area contributed by atoms with Crippen LogP contribution in [0.1, 0.15) is 40.0 Å². The maximum atomic E-state index is 6.56. The highest BCUT2D eigenvalue weighted by Gasteiger charge is 2.41. The Morgan fingerprint density at radius 3 is 1.50 bits per heavy atom. The standard InChI is InChI=1S/C14H34O2Si2/c1-10-13(15-17(4,5)6)14(11-2,12-3)16-18(7,8)9/h13H,10-12H2,1-9H3. The van der Waals surface area contributed by atoms with Gasteiger partial charge in [-0.05, 0) is 58.5 Å². The van der Waals surface area contributed by atoms with Crippen molar-refractivity contribution in [1.29, 1.82) is 0 Å². The van der Waals surface area contributed by atoms with E-state index in [2.05, 4.69) is 60.1 Å². The second-order valence-corrected chi connectivity index (χ2v) is 16.0. The van der Waals surface area contributed by atoms with Gasteiger partial charge in [-0.2, -0.15) is 0 Å². The summed E-state index contributed by atoms with van der Waals surface area (Å²) < 4.78 is 13.0. The van der Waals surface area contributed by atoms with Gasteiger partial charge >= 0.3 is 0 Å². The summed E-state index contributed by atoms with van der Waals surface area (Å²) in [5.74, 6) is 0. The fourth-order valence-electron chi connectivity index (χ4n) is 2.51. The monoisotopic (exact) mass is 290 g/mol. The molecular formula is C14H34O2Si2. The van der Waals surface area contributed by atoms with Gasteiger partial charge in [-0.25, -0.2) is 0 Å². The highest BCUT2D eigenvalue weighted by molar-refractivity contribution is 6.70. The maximum absolute atomic E-state index is 6.56. The third kappa shape index (κ3) is 6.00. The lowest BCUT2D eigenvalue weighted by Crippen LogP contribution is -2.53. The molecule has 0 aliphatic rings. The molecule has 0 aromatic carbocycles. The molecule has 0 saturated carbocycles. The largest absolute Gasteiger partial charge is 0.412 e. The van der Waals surface area contributed by atoms with E-state index in [1.54, 1.807) is 0 Å². The lowest BCUT2D eigenvalue weighted by Gasteiger charge is -2.45. The van der Waals surface area contributed by atoms with Crippen molar-refractivity contribution < 1.29 is 8.85 Å². The summed E-state index contributed by atoms with van der Waals surface area (Å²) in [6, 6.07) is 0. The first-order valence-electron chi connectivity index (χ1n) is 7.37. The molecule has 0 radical (unpaired) electrons. The highest BCUT2D eigenvalue weighted by Crippen LogP contribution is 2.34. The van der Waals surface area contributed by atoms with Crippen LogP contribution in [0.5, 0.6) is 0 Å². The first-order chi connectivity index (χ1) is 7.99. The molecule has 2 nitrogen and oxygen atoms in total. The topological polar surface area (TPSA) is 18.5 Å². The second-order valence-electron chi connectivity index (χ2n) is 7.11. The van der Waals surface area contributed by atoms with Crippen molar-refractivity contribution in [3.8, 4) is 0 Å². The van der Waals surface area contributed by atoms with Crippen LogP contribution in [0.15, 0.2) is 0 Å². The Morgan fingerprint density at radius 1 is 0.833 bits per heavy atom. The zero-order valence-electron chi connectivity index (χ0n) is 14.0. The molecule has 0 aromatic heterocycles. The quantitative estimate of drug-likeness (QED) is 0.584. The van der Waals surface area contributed by atoms with Gasteiger partial charge in [0, 0.05) is 0 Å². The summed E-state index contributed by atoms with van der Waals surface area (Å²) in [4.78, 5) is 0. The highest BCUT2D eigenvalue weighted by atomic mass is 28.4. The van der Waals surface area contributed by atoms with Gasteiger partial charge in [0.1, 0.15) is 0 Å². The van der Waals surface area contributed by atoms with E-state index < -0.39 is 16.6 Å². The van der Waals surface area contributed by atoms with Crippen LogP contribution >= 0.6 is 0 Å². The third-order valence-electron chi connectivity index (χ3n) is 3.16. The average molecular weight is 291 g/mol. The minimum atomic E-state index is -1.55. The molecule has 1 unspecified atom stereocenters. The van der Waals surface area contributed by atoms with E-state index in [1.807, 2.05) is 0 Å². The molecule has 0 spiro atoms. The third-order valence-corrected chi connectivity index (χ3v) is 5.17. The van der Waals surface area contributed by atoms with Crippen molar-refractivity contribution in [2.45, 2.75) is 91.0 Å². The van der Waals surface area contributed by atoms with E-state index in [1.165, 1.54) is 0 Å². The normalized spacial score (nSPS) is 15.8. The van der Waals surface area contributed by atoms with Crippen molar-refractivity contribution in [2.75, 3.05) is 0 Å². The van der Waals surface area contributed by atoms with Crippen molar-refractivity contribution in [2.24, 2.45) is 0 Å². The molecule has 0 aliphatic heterocycles. The molecule has 0 rings (SSSR count). The van der Waals surface area contributed by atoms with Crippen LogP contribution in [-0.2, 0) is 8.85 Å². The van der Waals surface area contributed by atoms with Gasteiger partial charge in [0.05, 0.1) is 11.7 Å². The summed E-state index contributed by atoms with van der Waals surface area (Å²) in [6.45, 7) is 20.3. The zero-order valence-corrected chi connectivity index (χ0v) is 16.0. The molecule has 0 aromatic rings. The predicted octanol–water partition coefficient (Wildman–Crippen LogP) is 5.03. The van der Waals surface area contributed by atoms with Crippen LogP contribution in [0, 0.1) is 0 Å². The molecule has 0 bridgehead atoms. The Hall–Kier alpha value is 0.354. The number of hydrogen-bond donors (Lipinski definition) is 0. The Balaban J connectivity index is 5.15. The molecule has 0 heterocycles. The van der Waals surface area contributed by atoms with Crippen LogP contribution in [0.25, 0.3) is 0 Å². The van der Waals surface area contributed by atoms with Crippen molar-refractivity contribution in [3.63, 3.8) is 0 Å². The van der Waals surface area contributed by atoms with E-state index in [9.17, 15) is 0 Å². The molecule has 0 N–H and O–H groups in total. The molecule has 1 atom stereocenters. The summed E-state index contributed by atoms with van der Waals surface area (Å²) in [6.07, 6.45) is 3.36. The molecule has 18 heavy (non-hydrogen) atoms. The van der Waals surface area contributed by atoms with Gasteiger partial charge in [-0.1, -0.05) is 20.8 Å². The zero-order chi connectivity index (χ0) is 14.6. The Labute approximate surface area is 117 Å². The van der Waals surface area contributed by atoms with Gasteiger partial charge < -0.3 is 8.85 Å². The molecule has 4 heteroatoms. The molecule has 0 amide bonds. The number of hydrogen-bond acceptors (Lipinski definition) is 2. The van der Waals surface area contributed by atoms with Gasteiger partial charge in [-0.3, -0.25) is 0 Å².